The number of rotatable bonds is 4. The van der Waals surface area contributed by atoms with Gasteiger partial charge in [-0.2, -0.15) is 0 Å². The molecule has 104 valence electrons. The first-order valence-corrected chi connectivity index (χ1v) is 6.38. The minimum atomic E-state index is -0.625. The maximum Gasteiger partial charge on any atom is 0.252 e. The summed E-state index contributed by atoms with van der Waals surface area (Å²) in [4.78, 5) is 12.0. The molecule has 0 saturated heterocycles. The van der Waals surface area contributed by atoms with Gasteiger partial charge in [-0.3, -0.25) is 4.79 Å². The van der Waals surface area contributed by atoms with Crippen LogP contribution in [0, 0.1) is 11.7 Å². The van der Waals surface area contributed by atoms with Crippen LogP contribution in [0.4, 0.5) is 4.39 Å². The quantitative estimate of drug-likeness (QED) is 0.341. The molecule has 1 amide bonds. The van der Waals surface area contributed by atoms with Crippen LogP contribution in [0.2, 0.25) is 0 Å². The highest BCUT2D eigenvalue weighted by Gasteiger charge is 2.21. The molecule has 0 aromatic heterocycles. The minimum absolute atomic E-state index is 0.0724. The Morgan fingerprint density at radius 3 is 2.58 bits per heavy atom. The van der Waals surface area contributed by atoms with Crippen LogP contribution in [0.1, 0.15) is 24.2 Å². The maximum absolute atomic E-state index is 13.2. The van der Waals surface area contributed by atoms with Gasteiger partial charge in [0, 0.05) is 10.0 Å². The van der Waals surface area contributed by atoms with Crippen LogP contribution in [0.25, 0.3) is 0 Å². The second-order valence-electron chi connectivity index (χ2n) is 4.38. The smallest absolute Gasteiger partial charge is 0.252 e. The van der Waals surface area contributed by atoms with Crippen LogP contribution in [0.15, 0.2) is 27.8 Å². The molecule has 0 radical (unpaired) electrons. The number of hydrogen-bond acceptors (Lipinski definition) is 3. The fourth-order valence-corrected chi connectivity index (χ4v) is 2.02. The number of amidine groups is 1. The van der Waals surface area contributed by atoms with Gasteiger partial charge in [0.2, 0.25) is 0 Å². The van der Waals surface area contributed by atoms with Gasteiger partial charge >= 0.3 is 0 Å². The number of nitrogens with two attached hydrogens (primary N) is 1. The van der Waals surface area contributed by atoms with Gasteiger partial charge in [0.15, 0.2) is 5.84 Å². The Balaban J connectivity index is 2.94. The van der Waals surface area contributed by atoms with E-state index in [0.29, 0.717) is 4.47 Å². The zero-order valence-electron chi connectivity index (χ0n) is 10.5. The van der Waals surface area contributed by atoms with Crippen molar-refractivity contribution in [2.45, 2.75) is 19.9 Å². The van der Waals surface area contributed by atoms with Crippen LogP contribution >= 0.6 is 15.9 Å². The first-order valence-electron chi connectivity index (χ1n) is 5.59. The van der Waals surface area contributed by atoms with Gasteiger partial charge < -0.3 is 16.3 Å². The van der Waals surface area contributed by atoms with E-state index < -0.39 is 17.8 Å². The summed E-state index contributed by atoms with van der Waals surface area (Å²) in [5.74, 6) is -1.19. The molecule has 1 aromatic carbocycles. The SMILES string of the molecule is CC(C)C(NC(=O)c1cc(F)cc(Br)c1)C(N)=NO. The van der Waals surface area contributed by atoms with Crippen LogP contribution in [-0.4, -0.2) is 23.0 Å². The molecule has 0 heterocycles. The van der Waals surface area contributed by atoms with Crippen molar-refractivity contribution < 1.29 is 14.4 Å². The van der Waals surface area contributed by atoms with E-state index in [9.17, 15) is 9.18 Å². The number of benzene rings is 1. The molecule has 0 fully saturated rings. The molecule has 0 aliphatic heterocycles. The van der Waals surface area contributed by atoms with Crippen molar-refractivity contribution in [2.24, 2.45) is 16.8 Å². The Hall–Kier alpha value is -1.63. The van der Waals surface area contributed by atoms with Gasteiger partial charge in [-0.05, 0) is 24.1 Å². The average molecular weight is 332 g/mol. The summed E-state index contributed by atoms with van der Waals surface area (Å²) < 4.78 is 13.7. The molecule has 19 heavy (non-hydrogen) atoms. The molecule has 7 heteroatoms. The fraction of sp³-hybridized carbons (Fsp3) is 0.333. The molecular formula is C12H15BrFN3O2. The van der Waals surface area contributed by atoms with Gasteiger partial charge in [0.25, 0.3) is 5.91 Å². The number of carbonyl (C=O) groups is 1. The van der Waals surface area contributed by atoms with E-state index in [2.05, 4.69) is 26.4 Å². The summed E-state index contributed by atoms with van der Waals surface area (Å²) >= 11 is 3.11. The third kappa shape index (κ3) is 4.20. The summed E-state index contributed by atoms with van der Waals surface area (Å²) in [7, 11) is 0. The summed E-state index contributed by atoms with van der Waals surface area (Å²) in [6.45, 7) is 3.62. The number of hydrogen-bond donors (Lipinski definition) is 3. The van der Waals surface area contributed by atoms with Crippen molar-refractivity contribution in [3.05, 3.63) is 34.1 Å². The first-order chi connectivity index (χ1) is 8.85. The summed E-state index contributed by atoms with van der Waals surface area (Å²) in [5, 5.41) is 14.2. The largest absolute Gasteiger partial charge is 0.409 e. The predicted molar refractivity (Wildman–Crippen MR) is 73.6 cm³/mol. The molecule has 1 atom stereocenters. The van der Waals surface area contributed by atoms with E-state index in [1.54, 1.807) is 0 Å². The lowest BCUT2D eigenvalue weighted by molar-refractivity contribution is 0.0938. The fourth-order valence-electron chi connectivity index (χ4n) is 1.55. The van der Waals surface area contributed by atoms with Crippen LogP contribution in [0.3, 0.4) is 0 Å². The molecule has 1 unspecified atom stereocenters. The monoisotopic (exact) mass is 331 g/mol. The third-order valence-corrected chi connectivity index (χ3v) is 2.97. The lowest BCUT2D eigenvalue weighted by Gasteiger charge is -2.20. The Kier molecular flexibility index (Phi) is 5.29. The van der Waals surface area contributed by atoms with Gasteiger partial charge in [0.05, 0.1) is 6.04 Å². The van der Waals surface area contributed by atoms with Crippen LogP contribution in [0.5, 0.6) is 0 Å². The minimum Gasteiger partial charge on any atom is -0.409 e. The highest BCUT2D eigenvalue weighted by molar-refractivity contribution is 9.10. The molecule has 0 spiro atoms. The van der Waals surface area contributed by atoms with E-state index in [1.807, 2.05) is 13.8 Å². The first kappa shape index (κ1) is 15.4. The molecule has 0 aliphatic carbocycles. The topological polar surface area (TPSA) is 87.7 Å². The Morgan fingerprint density at radius 1 is 1.47 bits per heavy atom. The lowest BCUT2D eigenvalue weighted by Crippen LogP contribution is -2.47. The molecule has 0 aliphatic rings. The van der Waals surface area contributed by atoms with Crippen molar-refractivity contribution in [3.8, 4) is 0 Å². The molecule has 5 nitrogen and oxygen atoms in total. The van der Waals surface area contributed by atoms with Crippen LogP contribution in [-0.2, 0) is 0 Å². The van der Waals surface area contributed by atoms with Gasteiger partial charge in [-0.25, -0.2) is 4.39 Å². The number of nitrogens with one attached hydrogen (secondary N) is 1. The van der Waals surface area contributed by atoms with E-state index in [1.165, 1.54) is 12.1 Å². The summed E-state index contributed by atoms with van der Waals surface area (Å²) in [6.07, 6.45) is 0. The zero-order chi connectivity index (χ0) is 14.6. The van der Waals surface area contributed by atoms with Crippen molar-refractivity contribution in [3.63, 3.8) is 0 Å². The highest BCUT2D eigenvalue weighted by Crippen LogP contribution is 2.15. The Bertz CT molecular complexity index is 485. The molecule has 1 rings (SSSR count). The average Bonchev–Trinajstić information content (AvgIpc) is 2.33. The van der Waals surface area contributed by atoms with Gasteiger partial charge in [-0.1, -0.05) is 34.9 Å². The molecule has 0 bridgehead atoms. The molecular weight excluding hydrogens is 317 g/mol. The normalized spacial score (nSPS) is 13.4. The zero-order valence-corrected chi connectivity index (χ0v) is 12.1. The van der Waals surface area contributed by atoms with Crippen LogP contribution < -0.4 is 11.1 Å². The van der Waals surface area contributed by atoms with E-state index in [4.69, 9.17) is 10.9 Å². The number of oxime groups is 1. The van der Waals surface area contributed by atoms with Gasteiger partial charge in [0.1, 0.15) is 5.82 Å². The van der Waals surface area contributed by atoms with Crippen molar-refractivity contribution in [1.29, 1.82) is 0 Å². The van der Waals surface area contributed by atoms with Crippen molar-refractivity contribution >= 4 is 27.7 Å². The number of amides is 1. The molecule has 0 saturated carbocycles. The number of carbonyl (C=O) groups excluding carboxylic acids is 1. The van der Waals surface area contributed by atoms with E-state index in [-0.39, 0.29) is 17.3 Å². The van der Waals surface area contributed by atoms with E-state index >= 15 is 0 Å². The van der Waals surface area contributed by atoms with E-state index in [0.717, 1.165) is 6.07 Å². The summed E-state index contributed by atoms with van der Waals surface area (Å²) in [5.41, 5.74) is 5.66. The van der Waals surface area contributed by atoms with Gasteiger partial charge in [-0.15, -0.1) is 0 Å². The lowest BCUT2D eigenvalue weighted by atomic mass is 10.0. The highest BCUT2D eigenvalue weighted by atomic mass is 79.9. The van der Waals surface area contributed by atoms with Crippen molar-refractivity contribution in [2.75, 3.05) is 0 Å². The standard InChI is InChI=1S/C12H15BrFN3O2/c1-6(2)10(11(15)17-19)16-12(18)7-3-8(13)5-9(14)4-7/h3-6,10,19H,1-2H3,(H2,15,17)(H,16,18). The number of halogens is 2. The molecule has 1 aromatic rings. The Labute approximate surface area is 118 Å². The second-order valence-corrected chi connectivity index (χ2v) is 5.29. The number of nitrogens with zero attached hydrogens (tertiary/aromatic N) is 1. The molecule has 4 N–H and O–H groups in total. The second kappa shape index (κ2) is 6.51. The third-order valence-electron chi connectivity index (χ3n) is 2.51. The summed E-state index contributed by atoms with van der Waals surface area (Å²) in [6, 6.07) is 3.23. The maximum atomic E-state index is 13.2. The Morgan fingerprint density at radius 2 is 2.11 bits per heavy atom. The predicted octanol–water partition coefficient (Wildman–Crippen LogP) is 2.09. The van der Waals surface area contributed by atoms with Crippen molar-refractivity contribution in [1.82, 2.24) is 5.32 Å².